The van der Waals surface area contributed by atoms with Gasteiger partial charge < -0.3 is 35.6 Å². The van der Waals surface area contributed by atoms with Crippen molar-refractivity contribution in [1.29, 1.82) is 0 Å². The molecule has 0 spiro atoms. The lowest BCUT2D eigenvalue weighted by molar-refractivity contribution is 0.0696. The molecule has 2 unspecified atom stereocenters. The van der Waals surface area contributed by atoms with Crippen LogP contribution < -0.4 is 11.1 Å². The molecule has 0 bridgehead atoms. The fourth-order valence-electron chi connectivity index (χ4n) is 8.72. The molecule has 17 heteroatoms. The summed E-state index contributed by atoms with van der Waals surface area (Å²) in [6, 6.07) is 32.0. The fourth-order valence-corrected chi connectivity index (χ4v) is 9.49. The van der Waals surface area contributed by atoms with Crippen LogP contribution in [0.3, 0.4) is 0 Å². The van der Waals surface area contributed by atoms with Gasteiger partial charge in [-0.1, -0.05) is 72.0 Å². The summed E-state index contributed by atoms with van der Waals surface area (Å²) in [5.74, 6) is -1.95. The van der Waals surface area contributed by atoms with Crippen molar-refractivity contribution in [3.8, 4) is 0 Å². The third-order valence-corrected chi connectivity index (χ3v) is 13.4. The maximum atomic E-state index is 14.5. The number of hydrogen-bond acceptors (Lipinski definition) is 7. The predicted octanol–water partition coefficient (Wildman–Crippen LogP) is 14.0. The van der Waals surface area contributed by atoms with Crippen molar-refractivity contribution >= 4 is 102 Å². The molecule has 4 aromatic heterocycles. The van der Waals surface area contributed by atoms with Gasteiger partial charge in [0.25, 0.3) is 5.91 Å². The van der Waals surface area contributed by atoms with Crippen LogP contribution in [0.15, 0.2) is 134 Å². The number of H-pyrrole nitrogens is 2. The van der Waals surface area contributed by atoms with Crippen molar-refractivity contribution in [1.82, 2.24) is 25.3 Å². The average molecular weight is 1050 g/mol. The first-order valence-electron chi connectivity index (χ1n) is 22.0. The number of benzene rings is 6. The Morgan fingerprint density at radius 2 is 1.19 bits per heavy atom. The molecule has 72 heavy (non-hydrogen) atoms. The minimum atomic E-state index is -0.937. The molecule has 0 aliphatic carbocycles. The maximum Gasteiger partial charge on any atom is 0.335 e. The average Bonchev–Trinajstić information content (AvgIpc) is 4.17. The van der Waals surface area contributed by atoms with Gasteiger partial charge in [-0.2, -0.15) is 0 Å². The van der Waals surface area contributed by atoms with Crippen LogP contribution in [0.25, 0.3) is 43.6 Å². The van der Waals surface area contributed by atoms with Gasteiger partial charge in [-0.25, -0.2) is 13.6 Å². The second-order valence-electron chi connectivity index (χ2n) is 16.9. The Morgan fingerprint density at radius 3 is 1.83 bits per heavy atom. The van der Waals surface area contributed by atoms with E-state index in [1.54, 1.807) is 61.2 Å². The molecule has 11 nitrogen and oxygen atoms in total. The second kappa shape index (κ2) is 21.0. The molecular formula is C55H42Cl4F2N6O5. The van der Waals surface area contributed by atoms with Crippen LogP contribution in [0.2, 0.25) is 20.1 Å². The molecule has 2 atom stereocenters. The molecule has 1 amide bonds. The Hall–Kier alpha value is -6.94. The molecule has 0 saturated heterocycles. The molecule has 6 aromatic carbocycles. The number of nitrogens with two attached hydrogens (primary N) is 1. The Morgan fingerprint density at radius 1 is 0.653 bits per heavy atom. The summed E-state index contributed by atoms with van der Waals surface area (Å²) in [5, 5.41) is 17.7. The lowest BCUT2D eigenvalue weighted by Gasteiger charge is -2.13. The highest BCUT2D eigenvalue weighted by molar-refractivity contribution is 6.36. The van der Waals surface area contributed by atoms with E-state index in [4.69, 9.17) is 61.6 Å². The van der Waals surface area contributed by atoms with Gasteiger partial charge in [0.1, 0.15) is 23.8 Å². The number of aromatic nitrogens is 4. The Balaban J connectivity index is 0.000000148. The SMILES string of the molecule is C.NCc1cc2c(Cl)c[nH]c2cc1F.O=C(NCc1cc2c(Cl)c[nH]c2cc1F)c1ccc2c(c1)C(c1cnc3ccc(Cl)cc3c1)OC2.O=C(O)c1ccc2c(c1)C(c1ccc3ncc(Cl)cc3c1)OC2. The van der Waals surface area contributed by atoms with E-state index >= 15 is 0 Å². The topological polar surface area (TPSA) is 168 Å². The Kier molecular flexibility index (Phi) is 14.6. The summed E-state index contributed by atoms with van der Waals surface area (Å²) < 4.78 is 39.6. The lowest BCUT2D eigenvalue weighted by atomic mass is 9.96. The summed E-state index contributed by atoms with van der Waals surface area (Å²) >= 11 is 24.2. The van der Waals surface area contributed by atoms with Gasteiger partial charge >= 0.3 is 5.97 Å². The first-order chi connectivity index (χ1) is 34.3. The number of pyridine rings is 2. The summed E-state index contributed by atoms with van der Waals surface area (Å²) in [5.41, 5.74) is 15.6. The second-order valence-corrected chi connectivity index (χ2v) is 18.6. The number of nitrogens with zero attached hydrogens (tertiary/aromatic N) is 2. The van der Waals surface area contributed by atoms with Crippen LogP contribution in [-0.2, 0) is 35.8 Å². The highest BCUT2D eigenvalue weighted by Gasteiger charge is 2.28. The van der Waals surface area contributed by atoms with Crippen molar-refractivity contribution in [2.75, 3.05) is 0 Å². The Bertz CT molecular complexity index is 3740. The van der Waals surface area contributed by atoms with Crippen LogP contribution in [0.1, 0.15) is 84.9 Å². The quantitative estimate of drug-likeness (QED) is 0.105. The molecule has 0 saturated carbocycles. The minimum Gasteiger partial charge on any atom is -0.478 e. The maximum absolute atomic E-state index is 14.5. The van der Waals surface area contributed by atoms with Gasteiger partial charge in [-0.05, 0) is 119 Å². The molecule has 10 aromatic rings. The largest absolute Gasteiger partial charge is 0.478 e. The number of carboxylic acid groups (broad SMARTS) is 1. The summed E-state index contributed by atoms with van der Waals surface area (Å²) in [6.07, 6.45) is 6.03. The number of carboxylic acids is 1. The third kappa shape index (κ3) is 10.2. The molecule has 364 valence electrons. The molecule has 2 aliphatic heterocycles. The van der Waals surface area contributed by atoms with Crippen molar-refractivity contribution in [2.24, 2.45) is 5.73 Å². The van der Waals surface area contributed by atoms with Gasteiger partial charge in [0.05, 0.1) is 44.9 Å². The van der Waals surface area contributed by atoms with E-state index in [0.29, 0.717) is 66.4 Å². The number of fused-ring (bicyclic) bond motifs is 6. The lowest BCUT2D eigenvalue weighted by Crippen LogP contribution is -2.23. The van der Waals surface area contributed by atoms with E-state index in [2.05, 4.69) is 25.3 Å². The highest BCUT2D eigenvalue weighted by atomic mass is 35.5. The fraction of sp³-hybridized carbons (Fsp3) is 0.127. The van der Waals surface area contributed by atoms with Crippen molar-refractivity contribution in [2.45, 2.75) is 45.9 Å². The molecule has 12 rings (SSSR count). The molecule has 0 fully saturated rings. The normalized spacial score (nSPS) is 14.5. The van der Waals surface area contributed by atoms with Crippen LogP contribution in [0.5, 0.6) is 0 Å². The van der Waals surface area contributed by atoms with E-state index < -0.39 is 11.8 Å². The zero-order valence-electron chi connectivity index (χ0n) is 37.0. The predicted molar refractivity (Wildman–Crippen MR) is 279 cm³/mol. The van der Waals surface area contributed by atoms with Crippen LogP contribution in [-0.4, -0.2) is 36.9 Å². The zero-order chi connectivity index (χ0) is 49.5. The smallest absolute Gasteiger partial charge is 0.335 e. The molecule has 6 N–H and O–H groups in total. The monoisotopic (exact) mass is 1040 g/mol. The van der Waals surface area contributed by atoms with Gasteiger partial charge in [0.15, 0.2) is 0 Å². The molecular weight excluding hydrogens is 1000 g/mol. The van der Waals surface area contributed by atoms with E-state index in [-0.39, 0.29) is 50.0 Å². The zero-order valence-corrected chi connectivity index (χ0v) is 40.0. The first kappa shape index (κ1) is 50.0. The summed E-state index contributed by atoms with van der Waals surface area (Å²) in [6.45, 7) is 1.14. The number of nitrogens with one attached hydrogen (secondary N) is 3. The third-order valence-electron chi connectivity index (χ3n) is 12.4. The van der Waals surface area contributed by atoms with Gasteiger partial charge in [-0.15, -0.1) is 0 Å². The van der Waals surface area contributed by atoms with Gasteiger partial charge in [0.2, 0.25) is 0 Å². The van der Waals surface area contributed by atoms with Gasteiger partial charge in [-0.3, -0.25) is 14.8 Å². The van der Waals surface area contributed by atoms with Crippen LogP contribution in [0.4, 0.5) is 8.78 Å². The first-order valence-corrected chi connectivity index (χ1v) is 23.5. The van der Waals surface area contributed by atoms with Crippen LogP contribution in [0, 0.1) is 11.6 Å². The van der Waals surface area contributed by atoms with E-state index in [1.165, 1.54) is 12.1 Å². The number of aromatic amines is 2. The summed E-state index contributed by atoms with van der Waals surface area (Å²) in [4.78, 5) is 38.7. The molecule has 2 aliphatic rings. The van der Waals surface area contributed by atoms with Crippen molar-refractivity contribution < 1.29 is 33.0 Å². The number of ether oxygens (including phenoxy) is 2. The highest BCUT2D eigenvalue weighted by Crippen LogP contribution is 2.39. The van der Waals surface area contributed by atoms with E-state index in [1.807, 2.05) is 60.7 Å². The molecule has 6 heterocycles. The number of carbonyl (C=O) groups excluding carboxylic acids is 1. The standard InChI is InChI=1S/C27H18Cl2FN3O2.C18H12ClNO3.C9H8ClFN2.CH4/c28-19-3-4-24-16(6-19)5-18(11-31-24)26-20-7-14(1-2-15(20)13-35-26)27(34)33-10-17-8-21-22(29)12-32-25(21)9-23(17)30;19-14-6-13-5-10(3-4-16(13)20-8-14)17-15-7-11(18(21)22)1-2-12(15)9-23-17;10-7-4-13-9-2-8(11)5(3-12)1-6(7)9;/h1-9,11-12,26,32H,10,13H2,(H,33,34);1-8,17H,9H2,(H,21,22);1-2,4,13H,3,12H2;1H4. The minimum absolute atomic E-state index is 0. The number of halogens is 6. The van der Waals surface area contributed by atoms with E-state index in [0.717, 1.165) is 60.6 Å². The number of carbonyl (C=O) groups is 2. The number of amides is 1. The van der Waals surface area contributed by atoms with Crippen molar-refractivity contribution in [3.63, 3.8) is 0 Å². The van der Waals surface area contributed by atoms with Crippen molar-refractivity contribution in [3.05, 3.63) is 221 Å². The number of rotatable bonds is 7. The van der Waals surface area contributed by atoms with E-state index in [9.17, 15) is 23.5 Å². The number of hydrogen-bond donors (Lipinski definition) is 5. The summed E-state index contributed by atoms with van der Waals surface area (Å²) in [7, 11) is 0. The Labute approximate surface area is 430 Å². The number of aromatic carboxylic acids is 1. The van der Waals surface area contributed by atoms with Crippen LogP contribution >= 0.6 is 46.4 Å². The van der Waals surface area contributed by atoms with Gasteiger partial charge in [0, 0.05) is 97.7 Å². The molecule has 0 radical (unpaired) electrons.